The minimum atomic E-state index is -0.734. The molecule has 41 heavy (non-hydrogen) atoms. The molecule has 210 valence electrons. The maximum Gasteiger partial charge on any atom is 0.271 e. The number of rotatable bonds is 6. The number of carbonyl (C=O) groups is 1. The maximum atomic E-state index is 14.3. The number of amides is 1. The van der Waals surface area contributed by atoms with Crippen LogP contribution in [0.4, 0.5) is 0 Å². The lowest BCUT2D eigenvalue weighted by molar-refractivity contribution is -0.127. The molecule has 6 rings (SSSR count). The van der Waals surface area contributed by atoms with E-state index in [1.807, 2.05) is 75.4 Å². The minimum Gasteiger partial charge on any atom is -0.496 e. The van der Waals surface area contributed by atoms with Gasteiger partial charge in [-0.05, 0) is 61.4 Å². The highest BCUT2D eigenvalue weighted by molar-refractivity contribution is 9.10. The first-order chi connectivity index (χ1) is 19.9. The Hall–Kier alpha value is -3.89. The zero-order chi connectivity index (χ0) is 28.8. The number of hydrogen-bond acceptors (Lipinski definition) is 7. The summed E-state index contributed by atoms with van der Waals surface area (Å²) in [4.78, 5) is 35.5. The van der Waals surface area contributed by atoms with Gasteiger partial charge in [-0.1, -0.05) is 57.6 Å². The number of allylic oxidation sites excluding steroid dienone is 1. The van der Waals surface area contributed by atoms with Crippen molar-refractivity contribution in [3.63, 3.8) is 0 Å². The van der Waals surface area contributed by atoms with Crippen LogP contribution in [0.25, 0.3) is 16.8 Å². The Balaban J connectivity index is 1.65. The van der Waals surface area contributed by atoms with Gasteiger partial charge in [-0.2, -0.15) is 0 Å². The van der Waals surface area contributed by atoms with Crippen molar-refractivity contribution in [2.75, 3.05) is 27.0 Å². The Bertz CT molecular complexity index is 1920. The van der Waals surface area contributed by atoms with Gasteiger partial charge in [0.2, 0.25) is 6.79 Å². The fourth-order valence-electron chi connectivity index (χ4n) is 5.47. The third kappa shape index (κ3) is 4.55. The predicted molar refractivity (Wildman–Crippen MR) is 162 cm³/mol. The van der Waals surface area contributed by atoms with Crippen molar-refractivity contribution in [2.45, 2.75) is 26.8 Å². The van der Waals surface area contributed by atoms with E-state index in [0.717, 1.165) is 26.4 Å². The molecule has 0 fully saturated rings. The van der Waals surface area contributed by atoms with E-state index in [-0.39, 0.29) is 18.3 Å². The molecule has 1 aromatic heterocycles. The van der Waals surface area contributed by atoms with Gasteiger partial charge < -0.3 is 19.1 Å². The first kappa shape index (κ1) is 27.3. The molecule has 0 saturated heterocycles. The molecule has 10 heteroatoms. The molecule has 0 unspecified atom stereocenters. The molecule has 0 N–H and O–H groups in total. The molecule has 4 aromatic rings. The van der Waals surface area contributed by atoms with Crippen molar-refractivity contribution in [3.8, 4) is 17.2 Å². The molecule has 0 aliphatic carbocycles. The summed E-state index contributed by atoms with van der Waals surface area (Å²) < 4.78 is 19.8. The zero-order valence-corrected chi connectivity index (χ0v) is 25.5. The zero-order valence-electron chi connectivity index (χ0n) is 23.1. The van der Waals surface area contributed by atoms with Gasteiger partial charge in [0.15, 0.2) is 16.3 Å². The SMILES string of the molecule is CCN(CC)C(=O)C1=C(C)N=c2s/c(=C/c3cc4c(cc3Br)OCO4)c(=O)n2[C@@H]1c1c(OC)ccc2ccccc12. The summed E-state index contributed by atoms with van der Waals surface area (Å²) in [6.07, 6.45) is 1.82. The highest BCUT2D eigenvalue weighted by Crippen LogP contribution is 2.41. The van der Waals surface area contributed by atoms with Gasteiger partial charge in [0.25, 0.3) is 11.5 Å². The summed E-state index contributed by atoms with van der Waals surface area (Å²) >= 11 is 4.89. The molecule has 0 spiro atoms. The Labute approximate surface area is 248 Å². The standard InChI is InChI=1S/C31H28BrN3O5S/c1-5-34(6-2)30(37)26-17(3)33-31-35(28(26)27-20-10-8-7-9-18(20)11-12-22(27)38-4)29(36)25(41-31)14-19-13-23-24(15-21(19)32)40-16-39-23/h7-15,28H,5-6,16H2,1-4H3/b25-14+/t28-/m0/s1. The van der Waals surface area contributed by atoms with E-state index < -0.39 is 6.04 Å². The van der Waals surface area contributed by atoms with Gasteiger partial charge >= 0.3 is 0 Å². The number of carbonyl (C=O) groups excluding carboxylic acids is 1. The van der Waals surface area contributed by atoms with Crippen LogP contribution in [-0.4, -0.2) is 42.4 Å². The Kier molecular flexibility index (Phi) is 7.21. The Morgan fingerprint density at radius 1 is 1.17 bits per heavy atom. The minimum absolute atomic E-state index is 0.149. The smallest absolute Gasteiger partial charge is 0.271 e. The number of fused-ring (bicyclic) bond motifs is 3. The number of aromatic nitrogens is 1. The van der Waals surface area contributed by atoms with E-state index >= 15 is 0 Å². The van der Waals surface area contributed by atoms with Gasteiger partial charge in [0.05, 0.1) is 22.9 Å². The molecule has 0 radical (unpaired) electrons. The number of methoxy groups -OCH3 is 1. The second kappa shape index (κ2) is 10.8. The van der Waals surface area contributed by atoms with Crippen LogP contribution in [0.1, 0.15) is 37.9 Å². The van der Waals surface area contributed by atoms with Crippen molar-refractivity contribution in [1.29, 1.82) is 0 Å². The average Bonchev–Trinajstić information content (AvgIpc) is 3.55. The number of halogens is 1. The van der Waals surface area contributed by atoms with E-state index in [4.69, 9.17) is 19.2 Å². The third-order valence-corrected chi connectivity index (χ3v) is 9.17. The van der Waals surface area contributed by atoms with Crippen LogP contribution in [0.5, 0.6) is 17.2 Å². The Morgan fingerprint density at radius 2 is 1.90 bits per heavy atom. The fourth-order valence-corrected chi connectivity index (χ4v) is 6.94. The van der Waals surface area contributed by atoms with Crippen LogP contribution in [0.15, 0.2) is 74.1 Å². The lowest BCUT2D eigenvalue weighted by Crippen LogP contribution is -2.43. The molecule has 2 aliphatic heterocycles. The second-order valence-corrected chi connectivity index (χ2v) is 11.6. The van der Waals surface area contributed by atoms with Gasteiger partial charge in [-0.3, -0.25) is 14.2 Å². The number of benzene rings is 3. The largest absolute Gasteiger partial charge is 0.496 e. The molecule has 1 atom stereocenters. The van der Waals surface area contributed by atoms with Gasteiger partial charge in [-0.15, -0.1) is 0 Å². The number of likely N-dealkylation sites (N-methyl/N-ethyl adjacent to an activating group) is 1. The van der Waals surface area contributed by atoms with Gasteiger partial charge in [0, 0.05) is 23.1 Å². The Morgan fingerprint density at radius 3 is 2.63 bits per heavy atom. The molecule has 0 bridgehead atoms. The number of hydrogen-bond donors (Lipinski definition) is 0. The van der Waals surface area contributed by atoms with E-state index in [1.54, 1.807) is 16.6 Å². The van der Waals surface area contributed by atoms with Crippen molar-refractivity contribution in [1.82, 2.24) is 9.47 Å². The summed E-state index contributed by atoms with van der Waals surface area (Å²) in [7, 11) is 1.61. The highest BCUT2D eigenvalue weighted by Gasteiger charge is 2.36. The van der Waals surface area contributed by atoms with Crippen molar-refractivity contribution in [2.24, 2.45) is 4.99 Å². The topological polar surface area (TPSA) is 82.4 Å². The lowest BCUT2D eigenvalue weighted by Gasteiger charge is -2.30. The van der Waals surface area contributed by atoms with Crippen LogP contribution >= 0.6 is 27.3 Å². The fraction of sp³-hybridized carbons (Fsp3) is 0.258. The normalized spacial score (nSPS) is 16.1. The molecule has 8 nitrogen and oxygen atoms in total. The summed E-state index contributed by atoms with van der Waals surface area (Å²) in [5.74, 6) is 1.72. The summed E-state index contributed by atoms with van der Waals surface area (Å²) in [6, 6.07) is 14.8. The van der Waals surface area contributed by atoms with Gasteiger partial charge in [0.1, 0.15) is 11.8 Å². The quantitative estimate of drug-likeness (QED) is 0.306. The molecule has 0 saturated carbocycles. The van der Waals surface area contributed by atoms with E-state index in [0.29, 0.717) is 50.9 Å². The van der Waals surface area contributed by atoms with Crippen LogP contribution in [-0.2, 0) is 4.79 Å². The van der Waals surface area contributed by atoms with Crippen molar-refractivity contribution in [3.05, 3.63) is 95.1 Å². The van der Waals surface area contributed by atoms with E-state index in [1.165, 1.54) is 11.3 Å². The predicted octanol–water partition coefficient (Wildman–Crippen LogP) is 4.76. The highest BCUT2D eigenvalue weighted by atomic mass is 79.9. The molecule has 3 heterocycles. The molecular formula is C31H28BrN3O5S. The molecule has 2 aliphatic rings. The second-order valence-electron chi connectivity index (χ2n) is 9.69. The van der Waals surface area contributed by atoms with Gasteiger partial charge in [-0.25, -0.2) is 4.99 Å². The maximum absolute atomic E-state index is 14.3. The van der Waals surface area contributed by atoms with Crippen LogP contribution in [0.3, 0.4) is 0 Å². The lowest BCUT2D eigenvalue weighted by atomic mass is 9.90. The average molecular weight is 635 g/mol. The molecule has 3 aromatic carbocycles. The number of ether oxygens (including phenoxy) is 3. The molecular weight excluding hydrogens is 606 g/mol. The van der Waals surface area contributed by atoms with Crippen LogP contribution in [0.2, 0.25) is 0 Å². The summed E-state index contributed by atoms with van der Waals surface area (Å²) in [6.45, 7) is 6.96. The third-order valence-electron chi connectivity index (χ3n) is 7.51. The molecule has 1 amide bonds. The number of thiazole rings is 1. The van der Waals surface area contributed by atoms with Crippen molar-refractivity contribution >= 4 is 50.0 Å². The van der Waals surface area contributed by atoms with Crippen LogP contribution < -0.4 is 29.1 Å². The monoisotopic (exact) mass is 633 g/mol. The van der Waals surface area contributed by atoms with Crippen LogP contribution in [0, 0.1) is 0 Å². The van der Waals surface area contributed by atoms with E-state index in [9.17, 15) is 9.59 Å². The first-order valence-corrected chi connectivity index (χ1v) is 14.9. The first-order valence-electron chi connectivity index (χ1n) is 13.3. The number of nitrogens with zero attached hydrogens (tertiary/aromatic N) is 3. The van der Waals surface area contributed by atoms with Crippen molar-refractivity contribution < 1.29 is 19.0 Å². The summed E-state index contributed by atoms with van der Waals surface area (Å²) in [5, 5.41) is 1.89. The van der Waals surface area contributed by atoms with E-state index in [2.05, 4.69) is 15.9 Å². The summed E-state index contributed by atoms with van der Waals surface area (Å²) in [5.41, 5.74) is 2.34.